The Bertz CT molecular complexity index is 703. The third-order valence-corrected chi connectivity index (χ3v) is 3.65. The molecule has 4 heteroatoms. The summed E-state index contributed by atoms with van der Waals surface area (Å²) >= 11 is 0. The van der Waals surface area contributed by atoms with Gasteiger partial charge in [0, 0.05) is 25.5 Å². The van der Waals surface area contributed by atoms with Crippen molar-refractivity contribution in [2.24, 2.45) is 7.05 Å². The monoisotopic (exact) mass is 266 g/mol. The number of aryl methyl sites for hydroxylation is 1. The molecule has 0 unspecified atom stereocenters. The van der Waals surface area contributed by atoms with Gasteiger partial charge in [0.15, 0.2) is 0 Å². The molecule has 3 aromatic rings. The molecule has 2 heterocycles. The Morgan fingerprint density at radius 1 is 1.15 bits per heavy atom. The fourth-order valence-corrected chi connectivity index (χ4v) is 2.37. The molecule has 0 bridgehead atoms. The summed E-state index contributed by atoms with van der Waals surface area (Å²) in [5.41, 5.74) is 3.45. The van der Waals surface area contributed by atoms with E-state index in [1.54, 1.807) is 0 Å². The van der Waals surface area contributed by atoms with Crippen molar-refractivity contribution >= 4 is 11.0 Å². The molecule has 4 nitrogen and oxygen atoms in total. The molecule has 20 heavy (non-hydrogen) atoms. The zero-order chi connectivity index (χ0) is 13.9. The molecular formula is C16H18N4. The lowest BCUT2D eigenvalue weighted by atomic mass is 10.1. The lowest BCUT2D eigenvalue weighted by molar-refractivity contribution is 0.551. The number of aromatic nitrogens is 3. The Kier molecular flexibility index (Phi) is 3.48. The van der Waals surface area contributed by atoms with Gasteiger partial charge in [0.2, 0.25) is 0 Å². The Hall–Kier alpha value is -2.20. The summed E-state index contributed by atoms with van der Waals surface area (Å²) in [5.74, 6) is 1.05. The van der Waals surface area contributed by atoms with Gasteiger partial charge >= 0.3 is 0 Å². The molecule has 0 spiro atoms. The highest BCUT2D eigenvalue weighted by molar-refractivity contribution is 5.75. The number of imidazole rings is 1. The quantitative estimate of drug-likeness (QED) is 0.789. The van der Waals surface area contributed by atoms with E-state index in [1.165, 1.54) is 11.1 Å². The lowest BCUT2D eigenvalue weighted by Crippen LogP contribution is -2.20. The predicted molar refractivity (Wildman–Crippen MR) is 80.2 cm³/mol. The van der Waals surface area contributed by atoms with E-state index in [0.29, 0.717) is 0 Å². The normalized spacial score (nSPS) is 12.7. The topological polar surface area (TPSA) is 42.7 Å². The largest absolute Gasteiger partial charge is 0.330 e. The maximum atomic E-state index is 4.67. The molecule has 0 aliphatic heterocycles. The molecule has 1 aromatic carbocycles. The van der Waals surface area contributed by atoms with Crippen molar-refractivity contribution in [2.45, 2.75) is 19.5 Å². The zero-order valence-corrected chi connectivity index (χ0v) is 11.7. The second-order valence-corrected chi connectivity index (χ2v) is 4.96. The summed E-state index contributed by atoms with van der Waals surface area (Å²) in [6, 6.07) is 12.5. The predicted octanol–water partition coefficient (Wildman–Crippen LogP) is 2.82. The third-order valence-electron chi connectivity index (χ3n) is 3.65. The van der Waals surface area contributed by atoms with Gasteiger partial charge < -0.3 is 9.88 Å². The van der Waals surface area contributed by atoms with Crippen LogP contribution in [0.2, 0.25) is 0 Å². The molecule has 0 aliphatic carbocycles. The van der Waals surface area contributed by atoms with Crippen molar-refractivity contribution in [3.8, 4) is 0 Å². The Labute approximate surface area is 118 Å². The number of para-hydroxylation sites is 2. The van der Waals surface area contributed by atoms with Gasteiger partial charge in [0.25, 0.3) is 0 Å². The van der Waals surface area contributed by atoms with E-state index in [2.05, 4.69) is 39.9 Å². The summed E-state index contributed by atoms with van der Waals surface area (Å²) in [7, 11) is 2.06. The standard InChI is InChI=1S/C16H18N4/c1-12(13-7-9-17-10-8-13)18-11-16-19-14-5-3-4-6-15(14)20(16)2/h3-10,12,18H,11H2,1-2H3/t12-/m1/s1. The smallest absolute Gasteiger partial charge is 0.123 e. The lowest BCUT2D eigenvalue weighted by Gasteiger charge is -2.13. The van der Waals surface area contributed by atoms with Gasteiger partial charge in [-0.05, 0) is 36.8 Å². The van der Waals surface area contributed by atoms with Crippen LogP contribution in [0.4, 0.5) is 0 Å². The van der Waals surface area contributed by atoms with Gasteiger partial charge in [-0.2, -0.15) is 0 Å². The molecular weight excluding hydrogens is 248 g/mol. The minimum Gasteiger partial charge on any atom is -0.330 e. The second kappa shape index (κ2) is 5.43. The third kappa shape index (κ3) is 2.42. The van der Waals surface area contributed by atoms with Gasteiger partial charge in [-0.15, -0.1) is 0 Å². The molecule has 0 aliphatic rings. The first kappa shape index (κ1) is 12.8. The van der Waals surface area contributed by atoms with Crippen LogP contribution in [0.5, 0.6) is 0 Å². The van der Waals surface area contributed by atoms with Gasteiger partial charge in [-0.1, -0.05) is 12.1 Å². The van der Waals surface area contributed by atoms with E-state index < -0.39 is 0 Å². The number of hydrogen-bond donors (Lipinski definition) is 1. The number of nitrogens with one attached hydrogen (secondary N) is 1. The molecule has 1 N–H and O–H groups in total. The summed E-state index contributed by atoms with van der Waals surface area (Å²) < 4.78 is 2.14. The van der Waals surface area contributed by atoms with E-state index in [-0.39, 0.29) is 6.04 Å². The molecule has 0 amide bonds. The molecule has 2 aromatic heterocycles. The molecule has 102 valence electrons. The number of rotatable bonds is 4. The Balaban J connectivity index is 1.76. The van der Waals surface area contributed by atoms with Crippen LogP contribution in [0, 0.1) is 0 Å². The van der Waals surface area contributed by atoms with Crippen LogP contribution in [0.25, 0.3) is 11.0 Å². The maximum absolute atomic E-state index is 4.67. The summed E-state index contributed by atoms with van der Waals surface area (Å²) in [4.78, 5) is 8.71. The van der Waals surface area contributed by atoms with Gasteiger partial charge in [-0.25, -0.2) is 4.98 Å². The van der Waals surface area contributed by atoms with Crippen LogP contribution in [0.3, 0.4) is 0 Å². The van der Waals surface area contributed by atoms with E-state index in [9.17, 15) is 0 Å². The van der Waals surface area contributed by atoms with E-state index >= 15 is 0 Å². The van der Waals surface area contributed by atoms with Crippen LogP contribution >= 0.6 is 0 Å². The zero-order valence-electron chi connectivity index (χ0n) is 11.7. The highest BCUT2D eigenvalue weighted by atomic mass is 15.1. The van der Waals surface area contributed by atoms with Crippen LogP contribution in [-0.2, 0) is 13.6 Å². The van der Waals surface area contributed by atoms with Crippen LogP contribution in [-0.4, -0.2) is 14.5 Å². The molecule has 0 fully saturated rings. The van der Waals surface area contributed by atoms with E-state index in [1.807, 2.05) is 42.7 Å². The summed E-state index contributed by atoms with van der Waals surface area (Å²) in [5, 5.41) is 3.51. The maximum Gasteiger partial charge on any atom is 0.123 e. The van der Waals surface area contributed by atoms with Crippen LogP contribution in [0.1, 0.15) is 24.4 Å². The van der Waals surface area contributed by atoms with Gasteiger partial charge in [0.1, 0.15) is 5.82 Å². The minimum absolute atomic E-state index is 0.276. The van der Waals surface area contributed by atoms with E-state index in [0.717, 1.165) is 17.9 Å². The summed E-state index contributed by atoms with van der Waals surface area (Å²) in [6.45, 7) is 2.90. The van der Waals surface area contributed by atoms with Crippen molar-refractivity contribution in [3.63, 3.8) is 0 Å². The first-order valence-electron chi connectivity index (χ1n) is 6.79. The van der Waals surface area contributed by atoms with Gasteiger partial charge in [0.05, 0.1) is 17.6 Å². The van der Waals surface area contributed by atoms with Crippen molar-refractivity contribution in [3.05, 3.63) is 60.2 Å². The first-order valence-corrected chi connectivity index (χ1v) is 6.79. The number of pyridine rings is 1. The highest BCUT2D eigenvalue weighted by Crippen LogP contribution is 2.16. The number of nitrogens with zero attached hydrogens (tertiary/aromatic N) is 3. The van der Waals surface area contributed by atoms with Crippen molar-refractivity contribution in [1.29, 1.82) is 0 Å². The Morgan fingerprint density at radius 3 is 2.65 bits per heavy atom. The fourth-order valence-electron chi connectivity index (χ4n) is 2.37. The van der Waals surface area contributed by atoms with Crippen molar-refractivity contribution in [1.82, 2.24) is 19.9 Å². The Morgan fingerprint density at radius 2 is 1.90 bits per heavy atom. The SMILES string of the molecule is C[C@@H](NCc1nc2ccccc2n1C)c1ccncc1. The first-order chi connectivity index (χ1) is 9.75. The van der Waals surface area contributed by atoms with E-state index in [4.69, 9.17) is 0 Å². The van der Waals surface area contributed by atoms with Crippen LogP contribution < -0.4 is 5.32 Å². The van der Waals surface area contributed by atoms with Crippen LogP contribution in [0.15, 0.2) is 48.8 Å². The average Bonchev–Trinajstić information content (AvgIpc) is 2.83. The molecule has 0 saturated carbocycles. The minimum atomic E-state index is 0.276. The van der Waals surface area contributed by atoms with Crippen molar-refractivity contribution in [2.75, 3.05) is 0 Å². The fraction of sp³-hybridized carbons (Fsp3) is 0.250. The van der Waals surface area contributed by atoms with Gasteiger partial charge in [-0.3, -0.25) is 4.98 Å². The number of hydrogen-bond acceptors (Lipinski definition) is 3. The molecule has 0 radical (unpaired) electrons. The molecule has 3 rings (SSSR count). The second-order valence-electron chi connectivity index (χ2n) is 4.96. The highest BCUT2D eigenvalue weighted by Gasteiger charge is 2.09. The average molecular weight is 266 g/mol. The summed E-state index contributed by atoms with van der Waals surface area (Å²) in [6.07, 6.45) is 3.64. The molecule has 0 saturated heterocycles. The number of benzene rings is 1. The molecule has 1 atom stereocenters. The van der Waals surface area contributed by atoms with Crippen molar-refractivity contribution < 1.29 is 0 Å². The number of fused-ring (bicyclic) bond motifs is 1.